The minimum atomic E-state index is -0.129. The Balaban J connectivity index is 2.07. The minimum Gasteiger partial charge on any atom is -0.350 e. The van der Waals surface area contributed by atoms with E-state index in [0.29, 0.717) is 11.7 Å². The lowest BCUT2D eigenvalue weighted by Crippen LogP contribution is -2.30. The van der Waals surface area contributed by atoms with Crippen molar-refractivity contribution in [3.05, 3.63) is 35.9 Å². The van der Waals surface area contributed by atoms with E-state index < -0.39 is 0 Å². The molecule has 1 N–H and O–H groups in total. The molecule has 2 rings (SSSR count). The van der Waals surface area contributed by atoms with Crippen molar-refractivity contribution < 1.29 is 4.79 Å². The Morgan fingerprint density at radius 2 is 2.06 bits per heavy atom. The molecular formula is C13H16N2OS. The number of benzene rings is 1. The van der Waals surface area contributed by atoms with Gasteiger partial charge in [0, 0.05) is 0 Å². The van der Waals surface area contributed by atoms with Crippen LogP contribution in [0.15, 0.2) is 30.3 Å². The Kier molecular flexibility index (Phi) is 3.74. The highest BCUT2D eigenvalue weighted by Crippen LogP contribution is 2.14. The molecule has 1 atom stereocenters. The molecule has 0 saturated carbocycles. The molecule has 90 valence electrons. The molecule has 1 aliphatic heterocycles. The molecule has 0 spiro atoms. The number of thiocarbonyl (C=S) groups is 1. The van der Waals surface area contributed by atoms with E-state index >= 15 is 0 Å². The summed E-state index contributed by atoms with van der Waals surface area (Å²) in [4.78, 5) is 13.7. The van der Waals surface area contributed by atoms with Crippen LogP contribution in [-0.4, -0.2) is 22.0 Å². The molecule has 3 nitrogen and oxygen atoms in total. The van der Waals surface area contributed by atoms with Crippen molar-refractivity contribution in [2.75, 3.05) is 0 Å². The number of rotatable bonds is 4. The van der Waals surface area contributed by atoms with Gasteiger partial charge in [-0.15, -0.1) is 0 Å². The van der Waals surface area contributed by atoms with E-state index in [1.165, 1.54) is 0 Å². The normalized spacial score (nSPS) is 19.6. The van der Waals surface area contributed by atoms with Crippen LogP contribution >= 0.6 is 12.2 Å². The fourth-order valence-corrected chi connectivity index (χ4v) is 2.27. The quantitative estimate of drug-likeness (QED) is 0.828. The molecule has 0 radical (unpaired) electrons. The van der Waals surface area contributed by atoms with Gasteiger partial charge in [0.1, 0.15) is 6.04 Å². The molecule has 1 aromatic rings. The number of amides is 1. The fraction of sp³-hybridized carbons (Fsp3) is 0.385. The zero-order chi connectivity index (χ0) is 12.3. The van der Waals surface area contributed by atoms with Crippen LogP contribution in [0, 0.1) is 0 Å². The monoisotopic (exact) mass is 248 g/mol. The second-order valence-corrected chi connectivity index (χ2v) is 4.59. The van der Waals surface area contributed by atoms with Gasteiger partial charge in [-0.2, -0.15) is 0 Å². The number of nitrogens with zero attached hydrogens (tertiary/aromatic N) is 1. The van der Waals surface area contributed by atoms with Crippen LogP contribution in [-0.2, 0) is 11.3 Å². The lowest BCUT2D eigenvalue weighted by atomic mass is 10.1. The summed E-state index contributed by atoms with van der Waals surface area (Å²) in [6.45, 7) is 2.63. The average Bonchev–Trinajstić information content (AvgIpc) is 2.59. The summed E-state index contributed by atoms with van der Waals surface area (Å²) in [5.74, 6) is 0.0979. The van der Waals surface area contributed by atoms with Gasteiger partial charge in [-0.3, -0.25) is 9.69 Å². The van der Waals surface area contributed by atoms with E-state index in [4.69, 9.17) is 12.2 Å². The van der Waals surface area contributed by atoms with Crippen LogP contribution < -0.4 is 5.32 Å². The number of carbonyl (C=O) groups is 1. The predicted molar refractivity (Wildman–Crippen MR) is 71.4 cm³/mol. The lowest BCUT2D eigenvalue weighted by molar-refractivity contribution is -0.127. The van der Waals surface area contributed by atoms with E-state index in [1.807, 2.05) is 30.3 Å². The zero-order valence-corrected chi connectivity index (χ0v) is 10.7. The molecule has 17 heavy (non-hydrogen) atoms. The van der Waals surface area contributed by atoms with Gasteiger partial charge in [0.15, 0.2) is 5.11 Å². The Morgan fingerprint density at radius 3 is 2.71 bits per heavy atom. The highest BCUT2D eigenvalue weighted by atomic mass is 32.1. The SMILES string of the molecule is CCCC1NC(=S)N(Cc2ccccc2)C1=O. The van der Waals surface area contributed by atoms with Crippen molar-refractivity contribution in [2.45, 2.75) is 32.4 Å². The van der Waals surface area contributed by atoms with Gasteiger partial charge in [-0.1, -0.05) is 43.7 Å². The second-order valence-electron chi connectivity index (χ2n) is 4.20. The highest BCUT2D eigenvalue weighted by Gasteiger charge is 2.34. The number of carbonyl (C=O) groups excluding carboxylic acids is 1. The molecular weight excluding hydrogens is 232 g/mol. The number of hydrogen-bond acceptors (Lipinski definition) is 2. The van der Waals surface area contributed by atoms with E-state index in [-0.39, 0.29) is 11.9 Å². The number of nitrogens with one attached hydrogen (secondary N) is 1. The highest BCUT2D eigenvalue weighted by molar-refractivity contribution is 7.80. The van der Waals surface area contributed by atoms with Crippen molar-refractivity contribution in [2.24, 2.45) is 0 Å². The topological polar surface area (TPSA) is 32.3 Å². The number of hydrogen-bond donors (Lipinski definition) is 1. The van der Waals surface area contributed by atoms with Crippen LogP contribution in [0.2, 0.25) is 0 Å². The van der Waals surface area contributed by atoms with Crippen molar-refractivity contribution in [1.82, 2.24) is 10.2 Å². The molecule has 1 amide bonds. The molecule has 1 unspecified atom stereocenters. The van der Waals surface area contributed by atoms with Crippen molar-refractivity contribution in [3.63, 3.8) is 0 Å². The van der Waals surface area contributed by atoms with Gasteiger partial charge in [0.05, 0.1) is 6.54 Å². The maximum Gasteiger partial charge on any atom is 0.251 e. The fourth-order valence-electron chi connectivity index (χ4n) is 1.98. The van der Waals surface area contributed by atoms with Gasteiger partial charge in [0.25, 0.3) is 5.91 Å². The van der Waals surface area contributed by atoms with E-state index in [2.05, 4.69) is 12.2 Å². The molecule has 0 bridgehead atoms. The summed E-state index contributed by atoms with van der Waals surface area (Å²) in [6, 6.07) is 9.78. The Morgan fingerprint density at radius 1 is 1.35 bits per heavy atom. The first-order valence-electron chi connectivity index (χ1n) is 5.88. The Hall–Kier alpha value is -1.42. The molecule has 1 aliphatic rings. The largest absolute Gasteiger partial charge is 0.350 e. The lowest BCUT2D eigenvalue weighted by Gasteiger charge is -2.14. The van der Waals surface area contributed by atoms with Crippen LogP contribution in [0.4, 0.5) is 0 Å². The molecule has 1 fully saturated rings. The molecule has 0 aromatic heterocycles. The maximum atomic E-state index is 12.1. The first kappa shape index (κ1) is 12.0. The third-order valence-electron chi connectivity index (χ3n) is 2.87. The van der Waals surface area contributed by atoms with Crippen molar-refractivity contribution in [3.8, 4) is 0 Å². The summed E-state index contributed by atoms with van der Waals surface area (Å²) < 4.78 is 0. The Bertz CT molecular complexity index is 419. The van der Waals surface area contributed by atoms with Gasteiger partial charge in [-0.05, 0) is 24.2 Å². The zero-order valence-electron chi connectivity index (χ0n) is 9.85. The third-order valence-corrected chi connectivity index (χ3v) is 3.21. The van der Waals surface area contributed by atoms with Gasteiger partial charge in [0.2, 0.25) is 0 Å². The first-order chi connectivity index (χ1) is 8.22. The third kappa shape index (κ3) is 2.64. The van der Waals surface area contributed by atoms with Gasteiger partial charge >= 0.3 is 0 Å². The standard InChI is InChI=1S/C13H16N2OS/c1-2-6-11-12(16)15(13(17)14-11)9-10-7-4-3-5-8-10/h3-5,7-8,11H,2,6,9H2,1H3,(H,14,17). The second kappa shape index (κ2) is 5.27. The van der Waals surface area contributed by atoms with Crippen LogP contribution in [0.3, 0.4) is 0 Å². The van der Waals surface area contributed by atoms with Gasteiger partial charge in [-0.25, -0.2) is 0 Å². The summed E-state index contributed by atoms with van der Waals surface area (Å²) in [5.41, 5.74) is 1.10. The summed E-state index contributed by atoms with van der Waals surface area (Å²) >= 11 is 5.20. The Labute approximate surface area is 107 Å². The summed E-state index contributed by atoms with van der Waals surface area (Å²) in [5, 5.41) is 3.64. The molecule has 1 aromatic carbocycles. The van der Waals surface area contributed by atoms with E-state index in [1.54, 1.807) is 4.90 Å². The first-order valence-corrected chi connectivity index (χ1v) is 6.29. The van der Waals surface area contributed by atoms with Gasteiger partial charge < -0.3 is 5.32 Å². The summed E-state index contributed by atoms with van der Waals surface area (Å²) in [6.07, 6.45) is 1.81. The minimum absolute atomic E-state index is 0.0979. The molecule has 1 heterocycles. The average molecular weight is 248 g/mol. The van der Waals surface area contributed by atoms with Crippen LogP contribution in [0.1, 0.15) is 25.3 Å². The summed E-state index contributed by atoms with van der Waals surface area (Å²) in [7, 11) is 0. The van der Waals surface area contributed by atoms with Crippen molar-refractivity contribution in [1.29, 1.82) is 0 Å². The smallest absolute Gasteiger partial charge is 0.251 e. The molecule has 4 heteroatoms. The van der Waals surface area contributed by atoms with E-state index in [0.717, 1.165) is 18.4 Å². The van der Waals surface area contributed by atoms with Crippen molar-refractivity contribution >= 4 is 23.2 Å². The molecule has 0 aliphatic carbocycles. The van der Waals surface area contributed by atoms with Crippen LogP contribution in [0.5, 0.6) is 0 Å². The van der Waals surface area contributed by atoms with Crippen LogP contribution in [0.25, 0.3) is 0 Å². The molecule has 1 saturated heterocycles. The predicted octanol–water partition coefficient (Wildman–Crippen LogP) is 2.07. The maximum absolute atomic E-state index is 12.1. The van der Waals surface area contributed by atoms with E-state index in [9.17, 15) is 4.79 Å².